The minimum absolute atomic E-state index is 0.0613. The Hall–Kier alpha value is -1.32. The lowest BCUT2D eigenvalue weighted by Crippen LogP contribution is -2.60. The largest absolute Gasteiger partial charge is 0.387 e. The average molecular weight is 344 g/mol. The van der Waals surface area contributed by atoms with Crippen LogP contribution in [-0.4, -0.2) is 24.8 Å². The van der Waals surface area contributed by atoms with Crippen molar-refractivity contribution in [3.05, 3.63) is 11.8 Å². The molecule has 1 saturated heterocycles. The lowest BCUT2D eigenvalue weighted by Gasteiger charge is -2.59. The average Bonchev–Trinajstić information content (AvgIpc) is 2.97. The fourth-order valence-electron chi connectivity index (χ4n) is 6.88. The van der Waals surface area contributed by atoms with E-state index in [0.717, 1.165) is 18.2 Å². The number of carbonyl (C=O) groups is 2. The van der Waals surface area contributed by atoms with Gasteiger partial charge < -0.3 is 10.6 Å². The highest BCUT2D eigenvalue weighted by Crippen LogP contribution is 2.63. The number of carbonyl (C=O) groups excluding carboxylic acids is 2. The highest BCUT2D eigenvalue weighted by molar-refractivity contribution is 5.96. The van der Waals surface area contributed by atoms with Crippen molar-refractivity contribution >= 4 is 11.7 Å². The van der Waals surface area contributed by atoms with E-state index in [1.54, 1.807) is 6.08 Å². The van der Waals surface area contributed by atoms with Crippen LogP contribution < -0.4 is 10.6 Å². The van der Waals surface area contributed by atoms with Gasteiger partial charge in [-0.2, -0.15) is 0 Å². The highest BCUT2D eigenvalue weighted by Gasteiger charge is 2.60. The Morgan fingerprint density at radius 3 is 2.84 bits per heavy atom. The third-order valence-electron chi connectivity index (χ3n) is 8.20. The van der Waals surface area contributed by atoms with Gasteiger partial charge >= 0.3 is 0 Å². The first-order chi connectivity index (χ1) is 11.9. The second-order valence-electron chi connectivity index (χ2n) is 9.30. The first kappa shape index (κ1) is 17.1. The van der Waals surface area contributed by atoms with Gasteiger partial charge in [-0.1, -0.05) is 20.3 Å². The van der Waals surface area contributed by atoms with Gasteiger partial charge in [-0.25, -0.2) is 0 Å². The van der Waals surface area contributed by atoms with Gasteiger partial charge in [-0.15, -0.1) is 0 Å². The van der Waals surface area contributed by atoms with Crippen molar-refractivity contribution in [2.75, 3.05) is 13.1 Å². The van der Waals surface area contributed by atoms with Gasteiger partial charge in [0, 0.05) is 36.7 Å². The molecule has 0 aromatic carbocycles. The Bertz CT molecular complexity index is 627. The van der Waals surface area contributed by atoms with Crippen LogP contribution in [0.15, 0.2) is 11.8 Å². The highest BCUT2D eigenvalue weighted by atomic mass is 16.2. The van der Waals surface area contributed by atoms with Crippen LogP contribution in [0.5, 0.6) is 0 Å². The molecule has 1 amide bonds. The van der Waals surface area contributed by atoms with Gasteiger partial charge in [-0.05, 0) is 55.8 Å². The van der Waals surface area contributed by atoms with Crippen LogP contribution in [0.2, 0.25) is 0 Å². The Kier molecular flexibility index (Phi) is 4.01. The number of allylic oxidation sites excluding steroid dienone is 2. The molecule has 25 heavy (non-hydrogen) atoms. The molecule has 4 rings (SSSR count). The summed E-state index contributed by atoms with van der Waals surface area (Å²) in [4.78, 5) is 25.1. The van der Waals surface area contributed by atoms with E-state index in [2.05, 4.69) is 24.5 Å². The van der Waals surface area contributed by atoms with Crippen molar-refractivity contribution in [3.8, 4) is 0 Å². The molecule has 4 aliphatic rings. The molecule has 2 saturated carbocycles. The molecule has 1 aliphatic heterocycles. The third-order valence-corrected chi connectivity index (χ3v) is 8.20. The van der Waals surface area contributed by atoms with E-state index >= 15 is 0 Å². The molecular weight excluding hydrogens is 312 g/mol. The van der Waals surface area contributed by atoms with E-state index in [4.69, 9.17) is 0 Å². The minimum Gasteiger partial charge on any atom is -0.387 e. The van der Waals surface area contributed by atoms with E-state index in [1.807, 2.05) is 6.92 Å². The van der Waals surface area contributed by atoms with Crippen LogP contribution in [0, 0.1) is 34.5 Å². The molecule has 4 heteroatoms. The molecule has 3 aliphatic carbocycles. The molecule has 0 aromatic rings. The number of ketones is 1. The minimum atomic E-state index is -0.231. The number of piperidine rings is 1. The fraction of sp³-hybridized carbons (Fsp3) is 0.810. The summed E-state index contributed by atoms with van der Waals surface area (Å²) >= 11 is 0. The standard InChI is InChI=1S/C21H32N2O2/c1-4-22-19(25)17-10-13(24)11-18-21(17,3)16-7-9-20(2)8-5-6-15(20)14(16)12-23-18/h11,14-17,23H,4-10,12H2,1-3H3,(H,22,25)/t14-,15-,16-,17?,20-,21-/m0/s1. The van der Waals surface area contributed by atoms with Crippen molar-refractivity contribution in [1.29, 1.82) is 0 Å². The summed E-state index contributed by atoms with van der Waals surface area (Å²) in [5, 5.41) is 6.61. The molecule has 1 heterocycles. The van der Waals surface area contributed by atoms with Gasteiger partial charge in [0.2, 0.25) is 5.91 Å². The molecule has 0 aromatic heterocycles. The van der Waals surface area contributed by atoms with E-state index < -0.39 is 0 Å². The second-order valence-corrected chi connectivity index (χ2v) is 9.30. The maximum atomic E-state index is 12.9. The van der Waals surface area contributed by atoms with Crippen LogP contribution in [0.4, 0.5) is 0 Å². The molecule has 2 N–H and O–H groups in total. The molecular formula is C21H32N2O2. The Morgan fingerprint density at radius 1 is 1.28 bits per heavy atom. The Balaban J connectivity index is 1.72. The lowest BCUT2D eigenvalue weighted by atomic mass is 9.48. The summed E-state index contributed by atoms with van der Waals surface area (Å²) in [7, 11) is 0. The van der Waals surface area contributed by atoms with Gasteiger partial charge in [-0.3, -0.25) is 9.59 Å². The second kappa shape index (κ2) is 5.85. The third kappa shape index (κ3) is 2.39. The van der Waals surface area contributed by atoms with Crippen LogP contribution in [-0.2, 0) is 9.59 Å². The quantitative estimate of drug-likeness (QED) is 0.809. The topological polar surface area (TPSA) is 58.2 Å². The number of hydrogen-bond donors (Lipinski definition) is 2. The summed E-state index contributed by atoms with van der Waals surface area (Å²) in [5.74, 6) is 1.84. The van der Waals surface area contributed by atoms with Crippen LogP contribution in [0.3, 0.4) is 0 Å². The molecule has 1 unspecified atom stereocenters. The Morgan fingerprint density at radius 2 is 2.08 bits per heavy atom. The number of rotatable bonds is 2. The number of hydrogen-bond acceptors (Lipinski definition) is 3. The molecule has 138 valence electrons. The number of amides is 1. The Labute approximate surface area is 151 Å². The van der Waals surface area contributed by atoms with Crippen molar-refractivity contribution in [2.24, 2.45) is 34.5 Å². The van der Waals surface area contributed by atoms with Gasteiger partial charge in [0.05, 0.1) is 5.92 Å². The summed E-state index contributed by atoms with van der Waals surface area (Å²) in [6.07, 6.45) is 8.67. The van der Waals surface area contributed by atoms with Crippen LogP contribution in [0.25, 0.3) is 0 Å². The van der Waals surface area contributed by atoms with Crippen LogP contribution in [0.1, 0.15) is 59.3 Å². The van der Waals surface area contributed by atoms with Gasteiger partial charge in [0.1, 0.15) is 0 Å². The zero-order chi connectivity index (χ0) is 17.8. The van der Waals surface area contributed by atoms with Crippen molar-refractivity contribution in [3.63, 3.8) is 0 Å². The van der Waals surface area contributed by atoms with E-state index in [9.17, 15) is 9.59 Å². The van der Waals surface area contributed by atoms with Gasteiger partial charge in [0.15, 0.2) is 5.78 Å². The van der Waals surface area contributed by atoms with Crippen molar-refractivity contribution in [1.82, 2.24) is 10.6 Å². The summed E-state index contributed by atoms with van der Waals surface area (Å²) in [5.41, 5.74) is 1.30. The summed E-state index contributed by atoms with van der Waals surface area (Å²) in [6.45, 7) is 8.30. The fourth-order valence-corrected chi connectivity index (χ4v) is 6.88. The van der Waals surface area contributed by atoms with Crippen molar-refractivity contribution in [2.45, 2.75) is 59.3 Å². The molecule has 0 spiro atoms. The lowest BCUT2D eigenvalue weighted by molar-refractivity contribution is -0.139. The van der Waals surface area contributed by atoms with Crippen molar-refractivity contribution < 1.29 is 9.59 Å². The van der Waals surface area contributed by atoms with E-state index in [-0.39, 0.29) is 23.0 Å². The molecule has 4 nitrogen and oxygen atoms in total. The first-order valence-electron chi connectivity index (χ1n) is 10.2. The van der Waals surface area contributed by atoms with E-state index in [0.29, 0.717) is 30.2 Å². The monoisotopic (exact) mass is 344 g/mol. The predicted octanol–water partition coefficient (Wildman–Crippen LogP) is 3.04. The molecule has 0 bridgehead atoms. The maximum Gasteiger partial charge on any atom is 0.224 e. The number of nitrogens with one attached hydrogen (secondary N) is 2. The smallest absolute Gasteiger partial charge is 0.224 e. The SMILES string of the molecule is CCNC(=O)C1CC(=O)C=C2NC[C@H]3[C@@H]4CCC[C@@]4(C)CC[C@@H]3[C@]21C. The zero-order valence-corrected chi connectivity index (χ0v) is 15.9. The zero-order valence-electron chi connectivity index (χ0n) is 15.9. The summed E-state index contributed by atoms with van der Waals surface area (Å²) < 4.78 is 0. The predicted molar refractivity (Wildman–Crippen MR) is 97.7 cm³/mol. The van der Waals surface area contributed by atoms with Gasteiger partial charge in [0.25, 0.3) is 0 Å². The maximum absolute atomic E-state index is 12.9. The summed E-state index contributed by atoms with van der Waals surface area (Å²) in [6, 6.07) is 0. The molecule has 3 fully saturated rings. The normalized spacial score (nSPS) is 45.6. The van der Waals surface area contributed by atoms with E-state index in [1.165, 1.54) is 32.1 Å². The number of fused-ring (bicyclic) bond motifs is 5. The molecule has 6 atom stereocenters. The first-order valence-corrected chi connectivity index (χ1v) is 10.2. The van der Waals surface area contributed by atoms with Crippen LogP contribution >= 0.6 is 0 Å². The molecule has 0 radical (unpaired) electrons.